The van der Waals surface area contributed by atoms with Crippen molar-refractivity contribution >= 4 is 29.6 Å². The summed E-state index contributed by atoms with van der Waals surface area (Å²) in [5, 5.41) is 4.31. The first kappa shape index (κ1) is 18.3. The van der Waals surface area contributed by atoms with Crippen LogP contribution in [0.4, 0.5) is 4.79 Å². The summed E-state index contributed by atoms with van der Waals surface area (Å²) in [4.78, 5) is 14.3. The van der Waals surface area contributed by atoms with E-state index < -0.39 is 5.60 Å². The number of hydrogen-bond donors (Lipinski definition) is 1. The van der Waals surface area contributed by atoms with Gasteiger partial charge in [0.25, 0.3) is 0 Å². The molecule has 1 N–H and O–H groups in total. The Morgan fingerprint density at radius 2 is 2.09 bits per heavy atom. The molecule has 22 heavy (non-hydrogen) atoms. The van der Waals surface area contributed by atoms with E-state index in [1.807, 2.05) is 25.7 Å². The second-order valence-electron chi connectivity index (χ2n) is 7.05. The van der Waals surface area contributed by atoms with E-state index in [4.69, 9.17) is 4.74 Å². The minimum atomic E-state index is -0.414. The monoisotopic (exact) mass is 346 g/mol. The number of ether oxygens (including phenoxy) is 1. The third-order valence-corrected chi connectivity index (χ3v) is 6.74. The van der Waals surface area contributed by atoms with Gasteiger partial charge in [-0.2, -0.15) is 23.5 Å². The van der Waals surface area contributed by atoms with Crippen molar-refractivity contribution in [3.05, 3.63) is 0 Å². The van der Waals surface area contributed by atoms with E-state index in [1.165, 1.54) is 23.7 Å². The minimum absolute atomic E-state index is 0.151. The molecular weight excluding hydrogens is 316 g/mol. The lowest BCUT2D eigenvalue weighted by molar-refractivity contribution is 0.01000. The predicted molar refractivity (Wildman–Crippen MR) is 97.0 cm³/mol. The topological polar surface area (TPSA) is 41.6 Å². The van der Waals surface area contributed by atoms with Gasteiger partial charge in [0.15, 0.2) is 0 Å². The highest BCUT2D eigenvalue weighted by molar-refractivity contribution is 8.06. The fraction of sp³-hybridized carbons (Fsp3) is 0.938. The van der Waals surface area contributed by atoms with Gasteiger partial charge in [-0.15, -0.1) is 0 Å². The average Bonchev–Trinajstić information content (AvgIpc) is 2.47. The van der Waals surface area contributed by atoms with E-state index in [1.54, 1.807) is 0 Å². The molecule has 128 valence electrons. The largest absolute Gasteiger partial charge is 0.444 e. The Kier molecular flexibility index (Phi) is 7.22. The first-order valence-corrected chi connectivity index (χ1v) is 10.6. The van der Waals surface area contributed by atoms with Crippen LogP contribution in [0.3, 0.4) is 0 Å². The molecule has 2 aliphatic heterocycles. The van der Waals surface area contributed by atoms with Crippen LogP contribution in [0.15, 0.2) is 0 Å². The Morgan fingerprint density at radius 1 is 1.27 bits per heavy atom. The zero-order valence-corrected chi connectivity index (χ0v) is 15.7. The Morgan fingerprint density at radius 3 is 2.77 bits per heavy atom. The van der Waals surface area contributed by atoms with Crippen molar-refractivity contribution in [2.45, 2.75) is 56.9 Å². The Bertz CT molecular complexity index is 355. The number of carbonyl (C=O) groups is 1. The Balaban J connectivity index is 1.77. The second kappa shape index (κ2) is 8.69. The molecule has 2 heterocycles. The van der Waals surface area contributed by atoms with E-state index in [9.17, 15) is 4.79 Å². The number of nitrogens with zero attached hydrogens (tertiary/aromatic N) is 1. The van der Waals surface area contributed by atoms with Gasteiger partial charge in [-0.1, -0.05) is 0 Å². The molecule has 0 radical (unpaired) electrons. The number of nitrogens with one attached hydrogen (secondary N) is 1. The smallest absolute Gasteiger partial charge is 0.410 e. The standard InChI is InChI=1S/C16H30N2O2S2/c1-16(2,3)20-15(19)18-7-5-4-6-13(18)10-17-11-14-12-21-8-9-22-14/h13-14,17H,4-12H2,1-3H3. The van der Waals surface area contributed by atoms with Gasteiger partial charge in [-0.25, -0.2) is 4.79 Å². The van der Waals surface area contributed by atoms with E-state index in [0.29, 0.717) is 0 Å². The maximum Gasteiger partial charge on any atom is 0.410 e. The molecule has 6 heteroatoms. The van der Waals surface area contributed by atoms with Crippen LogP contribution in [-0.4, -0.2) is 64.8 Å². The third kappa shape index (κ3) is 6.20. The van der Waals surface area contributed by atoms with Crippen LogP contribution in [0.2, 0.25) is 0 Å². The zero-order valence-electron chi connectivity index (χ0n) is 14.1. The molecule has 4 nitrogen and oxygen atoms in total. The molecule has 0 aliphatic carbocycles. The van der Waals surface area contributed by atoms with Crippen molar-refractivity contribution in [2.24, 2.45) is 0 Å². The summed E-state index contributed by atoms with van der Waals surface area (Å²) in [7, 11) is 0. The number of hydrogen-bond acceptors (Lipinski definition) is 5. The molecule has 2 unspecified atom stereocenters. The fourth-order valence-corrected chi connectivity index (χ4v) is 5.49. The molecule has 2 saturated heterocycles. The molecule has 1 amide bonds. The molecule has 2 fully saturated rings. The normalized spacial score (nSPS) is 26.8. The molecule has 0 aromatic rings. The molecule has 2 atom stereocenters. The van der Waals surface area contributed by atoms with Crippen LogP contribution >= 0.6 is 23.5 Å². The van der Waals surface area contributed by atoms with Crippen molar-refractivity contribution in [3.8, 4) is 0 Å². The summed E-state index contributed by atoms with van der Waals surface area (Å²) >= 11 is 4.13. The third-order valence-electron chi connectivity index (χ3n) is 3.89. The summed E-state index contributed by atoms with van der Waals surface area (Å²) in [5.74, 6) is 3.80. The van der Waals surface area contributed by atoms with Gasteiger partial charge < -0.3 is 15.0 Å². The van der Waals surface area contributed by atoms with Crippen molar-refractivity contribution in [1.82, 2.24) is 10.2 Å². The predicted octanol–water partition coefficient (Wildman–Crippen LogP) is 3.21. The van der Waals surface area contributed by atoms with Crippen molar-refractivity contribution in [3.63, 3.8) is 0 Å². The highest BCUT2D eigenvalue weighted by Gasteiger charge is 2.30. The molecule has 0 bridgehead atoms. The van der Waals surface area contributed by atoms with Gasteiger partial charge in [-0.05, 0) is 40.0 Å². The van der Waals surface area contributed by atoms with E-state index in [0.717, 1.165) is 37.7 Å². The second-order valence-corrected chi connectivity index (χ2v) is 9.61. The summed E-state index contributed by atoms with van der Waals surface area (Å²) < 4.78 is 5.56. The molecule has 0 aromatic heterocycles. The minimum Gasteiger partial charge on any atom is -0.444 e. The number of piperidine rings is 1. The maximum absolute atomic E-state index is 12.4. The van der Waals surface area contributed by atoms with Gasteiger partial charge >= 0.3 is 6.09 Å². The van der Waals surface area contributed by atoms with Crippen LogP contribution in [0.25, 0.3) is 0 Å². The van der Waals surface area contributed by atoms with Gasteiger partial charge in [0.2, 0.25) is 0 Å². The maximum atomic E-state index is 12.4. The molecular formula is C16H30N2O2S2. The summed E-state index contributed by atoms with van der Waals surface area (Å²) in [6.07, 6.45) is 3.23. The fourth-order valence-electron chi connectivity index (χ4n) is 2.84. The first-order chi connectivity index (χ1) is 10.5. The number of thioether (sulfide) groups is 2. The molecule has 0 saturated carbocycles. The molecule has 0 spiro atoms. The number of carbonyl (C=O) groups excluding carboxylic acids is 1. The lowest BCUT2D eigenvalue weighted by Gasteiger charge is -2.37. The highest BCUT2D eigenvalue weighted by Crippen LogP contribution is 2.24. The number of rotatable bonds is 4. The molecule has 0 aromatic carbocycles. The van der Waals surface area contributed by atoms with Gasteiger partial charge in [0.05, 0.1) is 0 Å². The molecule has 2 rings (SSSR count). The van der Waals surface area contributed by atoms with Gasteiger partial charge in [-0.3, -0.25) is 0 Å². The summed E-state index contributed by atoms with van der Waals surface area (Å²) in [6, 6.07) is 0.282. The summed E-state index contributed by atoms with van der Waals surface area (Å²) in [6.45, 7) is 8.56. The van der Waals surface area contributed by atoms with E-state index >= 15 is 0 Å². The highest BCUT2D eigenvalue weighted by atomic mass is 32.2. The number of amides is 1. The van der Waals surface area contributed by atoms with E-state index in [2.05, 4.69) is 28.8 Å². The first-order valence-electron chi connectivity index (χ1n) is 8.35. The van der Waals surface area contributed by atoms with Crippen LogP contribution in [0.1, 0.15) is 40.0 Å². The Labute approximate surface area is 143 Å². The van der Waals surface area contributed by atoms with Crippen molar-refractivity contribution in [2.75, 3.05) is 36.9 Å². The lowest BCUT2D eigenvalue weighted by Crippen LogP contribution is -2.50. The van der Waals surface area contributed by atoms with Crippen molar-refractivity contribution in [1.29, 1.82) is 0 Å². The van der Waals surface area contributed by atoms with E-state index in [-0.39, 0.29) is 12.1 Å². The lowest BCUT2D eigenvalue weighted by atomic mass is 10.0. The van der Waals surface area contributed by atoms with Crippen LogP contribution in [0.5, 0.6) is 0 Å². The SMILES string of the molecule is CC(C)(C)OC(=O)N1CCCCC1CNCC1CSCCS1. The van der Waals surface area contributed by atoms with Gasteiger partial charge in [0.1, 0.15) is 5.60 Å². The van der Waals surface area contributed by atoms with Crippen molar-refractivity contribution < 1.29 is 9.53 Å². The Hall–Kier alpha value is -0.0700. The molecule has 2 aliphatic rings. The number of likely N-dealkylation sites (tertiary alicyclic amines) is 1. The van der Waals surface area contributed by atoms with Crippen LogP contribution < -0.4 is 5.32 Å². The average molecular weight is 347 g/mol. The van der Waals surface area contributed by atoms with Gasteiger partial charge in [0, 0.05) is 48.2 Å². The quantitative estimate of drug-likeness (QED) is 0.846. The van der Waals surface area contributed by atoms with Crippen LogP contribution in [-0.2, 0) is 4.74 Å². The van der Waals surface area contributed by atoms with Crippen LogP contribution in [0, 0.1) is 0 Å². The summed E-state index contributed by atoms with van der Waals surface area (Å²) in [5.41, 5.74) is -0.414. The zero-order chi connectivity index (χ0) is 16.0.